The van der Waals surface area contributed by atoms with Crippen molar-refractivity contribution in [3.63, 3.8) is 0 Å². The molecule has 5 heterocycles. The molecule has 3 aliphatic rings. The Morgan fingerprint density at radius 3 is 2.07 bits per heavy atom. The summed E-state index contributed by atoms with van der Waals surface area (Å²) in [5.41, 5.74) is 7.56. The van der Waals surface area contributed by atoms with Gasteiger partial charge in [0.2, 0.25) is 47.3 Å². The number of rotatable bonds is 9. The summed E-state index contributed by atoms with van der Waals surface area (Å²) in [6.45, 7) is 6.42. The minimum atomic E-state index is -1.89. The number of benzene rings is 2. The minimum absolute atomic E-state index is 0.0122. The van der Waals surface area contributed by atoms with Crippen molar-refractivity contribution in [3.8, 4) is 0 Å². The number of ether oxygens (including phenoxy) is 1. The maximum Gasteiger partial charge on any atom is 0.329 e. The fraction of sp³-hybridized carbons (Fsp3) is 0.491. The van der Waals surface area contributed by atoms with Crippen LogP contribution in [0.4, 0.5) is 0 Å². The summed E-state index contributed by atoms with van der Waals surface area (Å²) < 4.78 is 5.75. The number of amides is 9. The van der Waals surface area contributed by atoms with Crippen LogP contribution in [0.2, 0.25) is 0 Å². The molecule has 27 heteroatoms. The SMILES string of the molecule is CC1NC(=O)C(C(C)O)NC(=O)C(NC(=O)C(N)CO)C(C)OC(=O)C2CCCN2C(=O)C(C(O)C(C)C)NC(=O)C(C(C)c2c[nH]c3ccccc23)NC(=O)/C(=C/c2c[nH]c3ccccc23)NC(=O)C2C(O)CCN2C(=O)CNC1=O. The molecule has 4 aromatic rings. The van der Waals surface area contributed by atoms with Crippen molar-refractivity contribution < 1.29 is 73.1 Å². The Bertz CT molecular complexity index is 3100. The van der Waals surface area contributed by atoms with Crippen LogP contribution < -0.4 is 43.0 Å². The topological polar surface area (TPSA) is 409 Å². The second-order valence-electron chi connectivity index (χ2n) is 21.3. The Kier molecular flexibility index (Phi) is 19.9. The van der Waals surface area contributed by atoms with E-state index < -0.39 is 163 Å². The van der Waals surface area contributed by atoms with Gasteiger partial charge < -0.3 is 87.9 Å². The lowest BCUT2D eigenvalue weighted by molar-refractivity contribution is -0.161. The number of aromatic amines is 2. The zero-order chi connectivity index (χ0) is 59.9. The molecule has 3 fully saturated rings. The number of hydrogen-bond acceptors (Lipinski definition) is 16. The van der Waals surface area contributed by atoms with Crippen LogP contribution in [0.1, 0.15) is 77.8 Å². The van der Waals surface area contributed by atoms with Gasteiger partial charge in [0.15, 0.2) is 0 Å². The Morgan fingerprint density at radius 1 is 0.768 bits per heavy atom. The minimum Gasteiger partial charge on any atom is -0.458 e. The molecule has 7 rings (SSSR count). The Labute approximate surface area is 470 Å². The summed E-state index contributed by atoms with van der Waals surface area (Å²) in [6, 6.07) is 0.954. The zero-order valence-electron chi connectivity index (χ0n) is 46.1. The third kappa shape index (κ3) is 13.7. The predicted molar refractivity (Wildman–Crippen MR) is 293 cm³/mol. The molecule has 9 amide bonds. The molecule has 0 saturated carbocycles. The molecule has 0 bridgehead atoms. The van der Waals surface area contributed by atoms with Crippen LogP contribution in [-0.4, -0.2) is 198 Å². The number of para-hydroxylation sites is 2. The highest BCUT2D eigenvalue weighted by Crippen LogP contribution is 2.30. The van der Waals surface area contributed by atoms with Gasteiger partial charge in [0.25, 0.3) is 5.91 Å². The van der Waals surface area contributed by atoms with Crippen LogP contribution >= 0.6 is 0 Å². The molecule has 2 aromatic carbocycles. The fourth-order valence-corrected chi connectivity index (χ4v) is 10.3. The molecule has 2 aromatic heterocycles. The van der Waals surface area contributed by atoms with E-state index >= 15 is 9.59 Å². The van der Waals surface area contributed by atoms with Crippen LogP contribution in [0.25, 0.3) is 27.9 Å². The quantitative estimate of drug-likeness (QED) is 0.0590. The van der Waals surface area contributed by atoms with Gasteiger partial charge in [-0.25, -0.2) is 4.79 Å². The van der Waals surface area contributed by atoms with Crippen molar-refractivity contribution in [2.75, 3.05) is 26.2 Å². The fourth-order valence-electron chi connectivity index (χ4n) is 10.3. The highest BCUT2D eigenvalue weighted by atomic mass is 16.5. The van der Waals surface area contributed by atoms with Crippen LogP contribution in [0.3, 0.4) is 0 Å². The number of hydrogen-bond donors (Lipinski definition) is 14. The third-order valence-corrected chi connectivity index (χ3v) is 15.1. The molecule has 13 atom stereocenters. The first kappa shape index (κ1) is 61.4. The molecule has 13 unspecified atom stereocenters. The van der Waals surface area contributed by atoms with Crippen molar-refractivity contribution in [1.29, 1.82) is 0 Å². The first-order chi connectivity index (χ1) is 38.9. The molecular formula is C55H72N12O15. The van der Waals surface area contributed by atoms with Crippen LogP contribution in [0, 0.1) is 5.92 Å². The Hall–Kier alpha value is -8.24. The molecule has 15 N–H and O–H groups in total. The zero-order valence-corrected chi connectivity index (χ0v) is 46.1. The largest absolute Gasteiger partial charge is 0.458 e. The Balaban J connectivity index is 1.31. The van der Waals surface area contributed by atoms with Crippen molar-refractivity contribution in [1.82, 2.24) is 57.0 Å². The normalized spacial score (nSPS) is 27.4. The van der Waals surface area contributed by atoms with E-state index in [0.29, 0.717) is 32.9 Å². The maximum atomic E-state index is 15.2. The molecule has 0 radical (unpaired) electrons. The van der Waals surface area contributed by atoms with E-state index in [0.717, 1.165) is 16.7 Å². The molecule has 3 saturated heterocycles. The number of nitrogens with two attached hydrogens (primary N) is 1. The molecule has 0 spiro atoms. The van der Waals surface area contributed by atoms with Gasteiger partial charge in [0, 0.05) is 58.8 Å². The molecule has 27 nitrogen and oxygen atoms in total. The number of aliphatic hydroxyl groups excluding tert-OH is 4. The van der Waals surface area contributed by atoms with Crippen LogP contribution in [0.5, 0.6) is 0 Å². The summed E-state index contributed by atoms with van der Waals surface area (Å²) in [5.74, 6) is -12.0. The number of aromatic nitrogens is 2. The Morgan fingerprint density at radius 2 is 1.40 bits per heavy atom. The first-order valence-electron chi connectivity index (χ1n) is 27.1. The highest BCUT2D eigenvalue weighted by Gasteiger charge is 2.46. The van der Waals surface area contributed by atoms with E-state index in [-0.39, 0.29) is 32.4 Å². The van der Waals surface area contributed by atoms with Crippen LogP contribution in [-0.2, 0) is 52.7 Å². The lowest BCUT2D eigenvalue weighted by atomic mass is 9.91. The summed E-state index contributed by atoms with van der Waals surface area (Å²) in [7, 11) is 0. The average Bonchev–Trinajstić information content (AvgIpc) is 4.31. The van der Waals surface area contributed by atoms with Gasteiger partial charge in [0.1, 0.15) is 60.1 Å². The van der Waals surface area contributed by atoms with E-state index in [1.165, 1.54) is 19.9 Å². The van der Waals surface area contributed by atoms with Crippen molar-refractivity contribution in [2.45, 2.75) is 139 Å². The number of nitrogens with one attached hydrogen (secondary N) is 9. The molecule has 442 valence electrons. The lowest BCUT2D eigenvalue weighted by Crippen LogP contribution is -2.63. The molecule has 0 aliphatic carbocycles. The summed E-state index contributed by atoms with van der Waals surface area (Å²) in [5, 5.41) is 62.0. The number of aliphatic hydroxyl groups is 4. The molecule has 3 aliphatic heterocycles. The van der Waals surface area contributed by atoms with E-state index in [1.54, 1.807) is 81.7 Å². The van der Waals surface area contributed by atoms with Gasteiger partial charge in [-0.3, -0.25) is 43.2 Å². The van der Waals surface area contributed by atoms with E-state index in [1.807, 2.05) is 0 Å². The van der Waals surface area contributed by atoms with E-state index in [4.69, 9.17) is 10.5 Å². The number of H-pyrrole nitrogens is 2. The monoisotopic (exact) mass is 1140 g/mol. The summed E-state index contributed by atoms with van der Waals surface area (Å²) in [4.78, 5) is 151. The standard InChI is InChI=1S/C55H72N12O15/c1-25(2)46(72)44-54(80)66-18-11-16-38(66)55(81)82-29(6)43(64-48(74)34(56)24-68)52(78)63-42(28(5)69)51(77)60-27(4)47(73)59-23-40(71)67-19-17-39(70)45(67)53(79)61-37(20-30-21-57-35-14-9-7-12-31(30)35)49(75)62-41(50(76)65-44)26(3)33-22-58-36-15-10-8-13-32(33)36/h7-10,12-15,20-22,25-29,34,38-39,41-46,57-58,68-70,72H,11,16-19,23-24,56H2,1-6H3,(H,59,73)(H,60,77)(H,61,79)(H,62,75)(H,63,78)(H,64,74)(H,65,76)/b37-20-. The lowest BCUT2D eigenvalue weighted by Gasteiger charge is -2.34. The average molecular weight is 1140 g/mol. The van der Waals surface area contributed by atoms with Gasteiger partial charge in [-0.15, -0.1) is 0 Å². The van der Waals surface area contributed by atoms with Gasteiger partial charge in [-0.05, 0) is 69.7 Å². The number of carbonyl (C=O) groups excluding carboxylic acids is 10. The highest BCUT2D eigenvalue weighted by molar-refractivity contribution is 6.07. The third-order valence-electron chi connectivity index (χ3n) is 15.1. The van der Waals surface area contributed by atoms with Gasteiger partial charge >= 0.3 is 5.97 Å². The number of nitrogens with zero attached hydrogens (tertiary/aromatic N) is 2. The van der Waals surface area contributed by atoms with Gasteiger partial charge in [-0.1, -0.05) is 57.2 Å². The van der Waals surface area contributed by atoms with Crippen molar-refractivity contribution in [3.05, 3.63) is 77.7 Å². The number of fused-ring (bicyclic) bond motifs is 4. The maximum absolute atomic E-state index is 15.2. The van der Waals surface area contributed by atoms with Gasteiger partial charge in [0.05, 0.1) is 31.5 Å². The number of carbonyl (C=O) groups is 10. The van der Waals surface area contributed by atoms with E-state index in [2.05, 4.69) is 47.2 Å². The van der Waals surface area contributed by atoms with Crippen molar-refractivity contribution in [2.24, 2.45) is 11.7 Å². The second kappa shape index (κ2) is 26.6. The van der Waals surface area contributed by atoms with Gasteiger partial charge in [-0.2, -0.15) is 0 Å². The second-order valence-corrected chi connectivity index (χ2v) is 21.3. The van der Waals surface area contributed by atoms with E-state index in [9.17, 15) is 58.8 Å². The number of esters is 1. The molecular weight excluding hydrogens is 1070 g/mol. The van der Waals surface area contributed by atoms with Crippen molar-refractivity contribution >= 4 is 87.0 Å². The summed E-state index contributed by atoms with van der Waals surface area (Å²) >= 11 is 0. The molecule has 82 heavy (non-hydrogen) atoms. The van der Waals surface area contributed by atoms with Crippen LogP contribution in [0.15, 0.2) is 66.6 Å². The smallest absolute Gasteiger partial charge is 0.329 e. The summed E-state index contributed by atoms with van der Waals surface area (Å²) in [6.07, 6.45) is -1.78. The number of cyclic esters (lactones) is 1. The predicted octanol–water partition coefficient (Wildman–Crippen LogP) is -2.91. The first-order valence-corrected chi connectivity index (χ1v) is 27.1.